The summed E-state index contributed by atoms with van der Waals surface area (Å²) in [6.45, 7) is 1.42. The highest BCUT2D eigenvalue weighted by atomic mass is 79.9. The summed E-state index contributed by atoms with van der Waals surface area (Å²) in [4.78, 5) is 36.1. The number of ketones is 1. The van der Waals surface area contributed by atoms with Crippen molar-refractivity contribution in [1.29, 1.82) is 0 Å². The number of carboxylic acids is 1. The van der Waals surface area contributed by atoms with Gasteiger partial charge in [0.15, 0.2) is 5.78 Å². The van der Waals surface area contributed by atoms with E-state index in [0.717, 1.165) is 9.37 Å². The molecule has 1 amide bonds. The van der Waals surface area contributed by atoms with Gasteiger partial charge in [0.05, 0.1) is 12.7 Å². The van der Waals surface area contributed by atoms with Crippen LogP contribution in [-0.4, -0.2) is 47.9 Å². The van der Waals surface area contributed by atoms with Crippen LogP contribution in [0, 0.1) is 0 Å². The maximum atomic E-state index is 12.2. The Labute approximate surface area is 137 Å². The monoisotopic (exact) mass is 371 g/mol. The lowest BCUT2D eigenvalue weighted by molar-refractivity contribution is -0.148. The van der Waals surface area contributed by atoms with Crippen molar-refractivity contribution >= 4 is 33.6 Å². The van der Waals surface area contributed by atoms with E-state index in [9.17, 15) is 14.4 Å². The van der Waals surface area contributed by atoms with Crippen LogP contribution < -0.4 is 4.74 Å². The molecule has 1 rings (SSSR count). The van der Waals surface area contributed by atoms with Gasteiger partial charge < -0.3 is 14.7 Å². The predicted molar refractivity (Wildman–Crippen MR) is 84.1 cm³/mol. The van der Waals surface area contributed by atoms with Crippen LogP contribution >= 0.6 is 15.9 Å². The lowest BCUT2D eigenvalue weighted by Gasteiger charge is -2.21. The van der Waals surface area contributed by atoms with E-state index in [0.29, 0.717) is 11.3 Å². The standard InChI is InChI=1S/C15H18BrNO5/c1-9(15(20)21)17(2)14(19)7-5-12(18)11-8-10(16)4-6-13(11)22-3/h4,6,8-9H,5,7H2,1-3H3,(H,20,21). The minimum absolute atomic E-state index is 0.0116. The number of aliphatic carboxylic acids is 1. The van der Waals surface area contributed by atoms with Gasteiger partial charge in [0.25, 0.3) is 0 Å². The average molecular weight is 372 g/mol. The quantitative estimate of drug-likeness (QED) is 0.743. The third-order valence-corrected chi connectivity index (χ3v) is 3.85. The molecule has 0 spiro atoms. The molecule has 0 saturated heterocycles. The van der Waals surface area contributed by atoms with E-state index >= 15 is 0 Å². The van der Waals surface area contributed by atoms with E-state index in [1.807, 2.05) is 0 Å². The van der Waals surface area contributed by atoms with Gasteiger partial charge in [0.1, 0.15) is 11.8 Å². The van der Waals surface area contributed by atoms with E-state index < -0.39 is 17.9 Å². The van der Waals surface area contributed by atoms with Crippen molar-refractivity contribution < 1.29 is 24.2 Å². The number of amides is 1. The summed E-state index contributed by atoms with van der Waals surface area (Å²) in [7, 11) is 2.87. The molecule has 22 heavy (non-hydrogen) atoms. The number of carboxylic acid groups (broad SMARTS) is 1. The van der Waals surface area contributed by atoms with Crippen LogP contribution in [0.15, 0.2) is 22.7 Å². The van der Waals surface area contributed by atoms with Crippen LogP contribution in [0.25, 0.3) is 0 Å². The normalized spacial score (nSPS) is 11.6. The van der Waals surface area contributed by atoms with Gasteiger partial charge in [0, 0.05) is 24.4 Å². The van der Waals surface area contributed by atoms with Crippen molar-refractivity contribution in [1.82, 2.24) is 4.90 Å². The SMILES string of the molecule is COc1ccc(Br)cc1C(=O)CCC(=O)N(C)C(C)C(=O)O. The first kappa shape index (κ1) is 18.2. The molecule has 1 aromatic carbocycles. The predicted octanol–water partition coefficient (Wildman–Crippen LogP) is 2.35. The fourth-order valence-electron chi connectivity index (χ4n) is 1.81. The molecule has 0 aromatic heterocycles. The van der Waals surface area contributed by atoms with Crippen LogP contribution in [0.5, 0.6) is 5.75 Å². The van der Waals surface area contributed by atoms with Gasteiger partial charge in [-0.05, 0) is 25.1 Å². The number of hydrogen-bond donors (Lipinski definition) is 1. The number of carbonyl (C=O) groups is 3. The third kappa shape index (κ3) is 4.56. The smallest absolute Gasteiger partial charge is 0.326 e. The summed E-state index contributed by atoms with van der Waals surface area (Å²) in [5.41, 5.74) is 0.388. The van der Waals surface area contributed by atoms with Crippen LogP contribution in [0.4, 0.5) is 0 Å². The minimum Gasteiger partial charge on any atom is -0.496 e. The van der Waals surface area contributed by atoms with Gasteiger partial charge in [-0.25, -0.2) is 4.79 Å². The second-order valence-electron chi connectivity index (χ2n) is 4.79. The zero-order chi connectivity index (χ0) is 16.9. The number of hydrogen-bond acceptors (Lipinski definition) is 4. The third-order valence-electron chi connectivity index (χ3n) is 3.36. The fourth-order valence-corrected chi connectivity index (χ4v) is 2.17. The molecule has 1 unspecified atom stereocenters. The number of carbonyl (C=O) groups excluding carboxylic acids is 2. The molecule has 6 nitrogen and oxygen atoms in total. The number of likely N-dealkylation sites (N-methyl/N-ethyl adjacent to an activating group) is 1. The Kier molecular flexibility index (Phi) is 6.55. The maximum absolute atomic E-state index is 12.2. The summed E-state index contributed by atoms with van der Waals surface area (Å²) in [6, 6.07) is 4.12. The van der Waals surface area contributed by atoms with Gasteiger partial charge in [-0.2, -0.15) is 0 Å². The highest BCUT2D eigenvalue weighted by molar-refractivity contribution is 9.10. The summed E-state index contributed by atoms with van der Waals surface area (Å²) >= 11 is 3.28. The molecule has 0 radical (unpaired) electrons. The van der Waals surface area contributed by atoms with Crippen molar-refractivity contribution in [2.75, 3.05) is 14.2 Å². The second kappa shape index (κ2) is 7.93. The molecule has 0 heterocycles. The first-order valence-corrected chi connectivity index (χ1v) is 7.42. The van der Waals surface area contributed by atoms with Crippen LogP contribution in [0.2, 0.25) is 0 Å². The molecule has 1 N–H and O–H groups in total. The van der Waals surface area contributed by atoms with E-state index in [4.69, 9.17) is 9.84 Å². The Morgan fingerprint density at radius 3 is 2.50 bits per heavy atom. The highest BCUT2D eigenvalue weighted by Crippen LogP contribution is 2.24. The highest BCUT2D eigenvalue weighted by Gasteiger charge is 2.22. The molecule has 7 heteroatoms. The number of methoxy groups -OCH3 is 1. The Balaban J connectivity index is 2.72. The Bertz CT molecular complexity index is 587. The molecule has 0 saturated carbocycles. The van der Waals surface area contributed by atoms with Crippen molar-refractivity contribution in [2.45, 2.75) is 25.8 Å². The van der Waals surface area contributed by atoms with Gasteiger partial charge in [-0.15, -0.1) is 0 Å². The molecule has 0 aliphatic rings. The summed E-state index contributed by atoms with van der Waals surface area (Å²) in [5.74, 6) is -1.27. The van der Waals surface area contributed by atoms with E-state index in [1.54, 1.807) is 18.2 Å². The van der Waals surface area contributed by atoms with E-state index in [1.165, 1.54) is 21.1 Å². The molecular weight excluding hydrogens is 354 g/mol. The molecule has 0 aliphatic heterocycles. The fraction of sp³-hybridized carbons (Fsp3) is 0.400. The first-order valence-electron chi connectivity index (χ1n) is 6.63. The Morgan fingerprint density at radius 2 is 1.95 bits per heavy atom. The number of ether oxygens (including phenoxy) is 1. The molecular formula is C15H18BrNO5. The Hall–Kier alpha value is -1.89. The number of halogens is 1. The van der Waals surface area contributed by atoms with Gasteiger partial charge >= 0.3 is 5.97 Å². The number of rotatable bonds is 7. The summed E-state index contributed by atoms with van der Waals surface area (Å²) < 4.78 is 5.87. The largest absolute Gasteiger partial charge is 0.496 e. The average Bonchev–Trinajstić information content (AvgIpc) is 2.50. The summed E-state index contributed by atoms with van der Waals surface area (Å²) in [6.07, 6.45) is -0.0645. The Morgan fingerprint density at radius 1 is 1.32 bits per heavy atom. The molecule has 0 aliphatic carbocycles. The van der Waals surface area contributed by atoms with Crippen LogP contribution in [0.1, 0.15) is 30.1 Å². The van der Waals surface area contributed by atoms with Gasteiger partial charge in [-0.1, -0.05) is 15.9 Å². The van der Waals surface area contributed by atoms with Crippen molar-refractivity contribution in [3.63, 3.8) is 0 Å². The molecule has 0 bridgehead atoms. The summed E-state index contributed by atoms with van der Waals surface area (Å²) in [5, 5.41) is 8.87. The number of nitrogens with zero attached hydrogens (tertiary/aromatic N) is 1. The van der Waals surface area contributed by atoms with E-state index in [-0.39, 0.29) is 18.6 Å². The molecule has 120 valence electrons. The first-order chi connectivity index (χ1) is 10.3. The number of benzene rings is 1. The van der Waals surface area contributed by atoms with E-state index in [2.05, 4.69) is 15.9 Å². The zero-order valence-corrected chi connectivity index (χ0v) is 14.2. The molecule has 1 atom stereocenters. The topological polar surface area (TPSA) is 83.9 Å². The maximum Gasteiger partial charge on any atom is 0.326 e. The second-order valence-corrected chi connectivity index (χ2v) is 5.70. The minimum atomic E-state index is -1.09. The van der Waals surface area contributed by atoms with Gasteiger partial charge in [-0.3, -0.25) is 9.59 Å². The molecule has 1 aromatic rings. The number of Topliss-reactive ketones (excluding diaryl/α,β-unsaturated/α-hetero) is 1. The zero-order valence-electron chi connectivity index (χ0n) is 12.6. The lowest BCUT2D eigenvalue weighted by Crippen LogP contribution is -2.40. The molecule has 0 fully saturated rings. The lowest BCUT2D eigenvalue weighted by atomic mass is 10.0. The van der Waals surface area contributed by atoms with Crippen molar-refractivity contribution in [2.24, 2.45) is 0 Å². The van der Waals surface area contributed by atoms with Crippen molar-refractivity contribution in [3.05, 3.63) is 28.2 Å². The van der Waals surface area contributed by atoms with Crippen LogP contribution in [-0.2, 0) is 9.59 Å². The van der Waals surface area contributed by atoms with Crippen molar-refractivity contribution in [3.8, 4) is 5.75 Å². The van der Waals surface area contributed by atoms with Gasteiger partial charge in [0.2, 0.25) is 5.91 Å². The van der Waals surface area contributed by atoms with Crippen LogP contribution in [0.3, 0.4) is 0 Å².